The monoisotopic (exact) mass is 145 g/mol. The predicted octanol–water partition coefficient (Wildman–Crippen LogP) is 0.0454. The summed E-state index contributed by atoms with van der Waals surface area (Å²) in [5, 5.41) is 9.12. The molecule has 0 aromatic heterocycles. The largest absolute Gasteiger partial charge is 0.367 e. The fourth-order valence-corrected chi connectivity index (χ4v) is 1.22. The fourth-order valence-electron chi connectivity index (χ4n) is 1.22. The van der Waals surface area contributed by atoms with E-state index in [0.29, 0.717) is 6.54 Å². The van der Waals surface area contributed by atoms with Crippen molar-refractivity contribution < 1.29 is 9.84 Å². The maximum atomic E-state index is 9.12. The molecule has 1 aliphatic rings. The first-order valence-electron chi connectivity index (χ1n) is 3.74. The molecule has 3 heteroatoms. The summed E-state index contributed by atoms with van der Waals surface area (Å²) < 4.78 is 5.22. The Morgan fingerprint density at radius 1 is 1.60 bits per heavy atom. The second-order valence-electron chi connectivity index (χ2n) is 2.84. The maximum Gasteiger partial charge on any atom is 0.167 e. The van der Waals surface area contributed by atoms with Crippen LogP contribution < -0.4 is 0 Å². The lowest BCUT2D eigenvalue weighted by molar-refractivity contribution is -0.179. The lowest BCUT2D eigenvalue weighted by Crippen LogP contribution is -2.45. The SMILES string of the molecule is CC[C@H]1CN(C)C[C@H](O)O1. The predicted molar refractivity (Wildman–Crippen MR) is 38.7 cm³/mol. The van der Waals surface area contributed by atoms with Crippen molar-refractivity contribution in [3.8, 4) is 0 Å². The molecule has 1 rings (SSSR count). The summed E-state index contributed by atoms with van der Waals surface area (Å²) in [4.78, 5) is 2.09. The van der Waals surface area contributed by atoms with Gasteiger partial charge in [-0.15, -0.1) is 0 Å². The summed E-state index contributed by atoms with van der Waals surface area (Å²) in [5.74, 6) is 0. The highest BCUT2D eigenvalue weighted by Crippen LogP contribution is 2.09. The molecule has 0 aromatic rings. The lowest BCUT2D eigenvalue weighted by atomic mass is 10.2. The quantitative estimate of drug-likeness (QED) is 0.565. The molecule has 1 fully saturated rings. The van der Waals surface area contributed by atoms with Crippen molar-refractivity contribution in [1.29, 1.82) is 0 Å². The van der Waals surface area contributed by atoms with Gasteiger partial charge in [-0.2, -0.15) is 0 Å². The Kier molecular flexibility index (Phi) is 2.65. The molecule has 60 valence electrons. The Hall–Kier alpha value is -0.120. The summed E-state index contributed by atoms with van der Waals surface area (Å²) >= 11 is 0. The molecule has 0 saturated carbocycles. The number of aliphatic hydroxyl groups excluding tert-OH is 1. The molecule has 0 aliphatic carbocycles. The van der Waals surface area contributed by atoms with Gasteiger partial charge in [0.1, 0.15) is 0 Å². The number of likely N-dealkylation sites (N-methyl/N-ethyl adjacent to an activating group) is 1. The van der Waals surface area contributed by atoms with Gasteiger partial charge in [0.2, 0.25) is 0 Å². The molecule has 1 aliphatic heterocycles. The Morgan fingerprint density at radius 2 is 2.30 bits per heavy atom. The van der Waals surface area contributed by atoms with Crippen LogP contribution >= 0.6 is 0 Å². The third-order valence-corrected chi connectivity index (χ3v) is 1.79. The van der Waals surface area contributed by atoms with Crippen molar-refractivity contribution in [2.24, 2.45) is 0 Å². The van der Waals surface area contributed by atoms with Gasteiger partial charge in [0.15, 0.2) is 6.29 Å². The zero-order valence-electron chi connectivity index (χ0n) is 6.58. The van der Waals surface area contributed by atoms with Gasteiger partial charge >= 0.3 is 0 Å². The van der Waals surface area contributed by atoms with Crippen LogP contribution in [0.25, 0.3) is 0 Å². The average molecular weight is 145 g/mol. The van der Waals surface area contributed by atoms with Gasteiger partial charge < -0.3 is 9.84 Å². The molecule has 2 atom stereocenters. The first kappa shape index (κ1) is 7.98. The molecule has 0 amide bonds. The molecule has 1 saturated heterocycles. The Morgan fingerprint density at radius 3 is 2.80 bits per heavy atom. The van der Waals surface area contributed by atoms with Gasteiger partial charge in [0, 0.05) is 13.1 Å². The average Bonchev–Trinajstić information content (AvgIpc) is 1.85. The van der Waals surface area contributed by atoms with E-state index in [1.54, 1.807) is 0 Å². The molecule has 1 N–H and O–H groups in total. The van der Waals surface area contributed by atoms with Crippen LogP contribution in [0, 0.1) is 0 Å². The first-order chi connectivity index (χ1) is 4.72. The second-order valence-corrected chi connectivity index (χ2v) is 2.84. The Balaban J connectivity index is 2.35. The normalized spacial score (nSPS) is 36.3. The summed E-state index contributed by atoms with van der Waals surface area (Å²) in [7, 11) is 1.99. The maximum absolute atomic E-state index is 9.12. The smallest absolute Gasteiger partial charge is 0.167 e. The molecule has 10 heavy (non-hydrogen) atoms. The highest BCUT2D eigenvalue weighted by molar-refractivity contribution is 4.68. The summed E-state index contributed by atoms with van der Waals surface area (Å²) in [5.41, 5.74) is 0. The number of hydrogen-bond donors (Lipinski definition) is 1. The van der Waals surface area contributed by atoms with Gasteiger partial charge in [0.05, 0.1) is 6.10 Å². The van der Waals surface area contributed by atoms with E-state index in [-0.39, 0.29) is 6.10 Å². The summed E-state index contributed by atoms with van der Waals surface area (Å²) in [6.45, 7) is 3.64. The van der Waals surface area contributed by atoms with Gasteiger partial charge in [-0.05, 0) is 13.5 Å². The third-order valence-electron chi connectivity index (χ3n) is 1.79. The minimum Gasteiger partial charge on any atom is -0.367 e. The van der Waals surface area contributed by atoms with Gasteiger partial charge in [-0.25, -0.2) is 0 Å². The second kappa shape index (κ2) is 3.32. The van der Waals surface area contributed by atoms with Gasteiger partial charge in [-0.3, -0.25) is 4.90 Å². The number of rotatable bonds is 1. The number of hydrogen-bond acceptors (Lipinski definition) is 3. The van der Waals surface area contributed by atoms with E-state index >= 15 is 0 Å². The van der Waals surface area contributed by atoms with E-state index in [1.807, 2.05) is 7.05 Å². The molecule has 0 bridgehead atoms. The van der Waals surface area contributed by atoms with E-state index in [9.17, 15) is 0 Å². The van der Waals surface area contributed by atoms with E-state index in [1.165, 1.54) is 0 Å². The minimum atomic E-state index is -0.580. The van der Waals surface area contributed by atoms with Crippen molar-refractivity contribution in [2.75, 3.05) is 20.1 Å². The zero-order chi connectivity index (χ0) is 7.56. The van der Waals surface area contributed by atoms with Crippen LogP contribution in [0.5, 0.6) is 0 Å². The Labute approximate surface area is 61.6 Å². The van der Waals surface area contributed by atoms with E-state index < -0.39 is 6.29 Å². The molecule has 3 nitrogen and oxygen atoms in total. The molecule has 0 radical (unpaired) electrons. The Bertz CT molecular complexity index is 97.8. The van der Waals surface area contributed by atoms with Crippen molar-refractivity contribution in [1.82, 2.24) is 4.90 Å². The first-order valence-corrected chi connectivity index (χ1v) is 3.74. The molecule has 0 spiro atoms. The van der Waals surface area contributed by atoms with Crippen molar-refractivity contribution in [3.05, 3.63) is 0 Å². The van der Waals surface area contributed by atoms with Crippen LogP contribution in [-0.4, -0.2) is 42.5 Å². The molecule has 0 unspecified atom stereocenters. The highest BCUT2D eigenvalue weighted by atomic mass is 16.6. The van der Waals surface area contributed by atoms with E-state index in [2.05, 4.69) is 11.8 Å². The molecular weight excluding hydrogens is 130 g/mol. The van der Waals surface area contributed by atoms with Gasteiger partial charge in [0.25, 0.3) is 0 Å². The van der Waals surface area contributed by atoms with Crippen LogP contribution in [-0.2, 0) is 4.74 Å². The van der Waals surface area contributed by atoms with E-state index in [0.717, 1.165) is 13.0 Å². The lowest BCUT2D eigenvalue weighted by Gasteiger charge is -2.32. The fraction of sp³-hybridized carbons (Fsp3) is 1.00. The highest BCUT2D eigenvalue weighted by Gasteiger charge is 2.21. The van der Waals surface area contributed by atoms with Crippen molar-refractivity contribution >= 4 is 0 Å². The standard InChI is InChI=1S/C7H15NO2/c1-3-6-4-8(2)5-7(9)10-6/h6-7,9H,3-5H2,1-2H3/t6-,7+/m0/s1. The van der Waals surface area contributed by atoms with Crippen molar-refractivity contribution in [2.45, 2.75) is 25.7 Å². The number of morpholine rings is 1. The van der Waals surface area contributed by atoms with Crippen LogP contribution in [0.4, 0.5) is 0 Å². The number of aliphatic hydroxyl groups is 1. The minimum absolute atomic E-state index is 0.216. The van der Waals surface area contributed by atoms with Crippen molar-refractivity contribution in [3.63, 3.8) is 0 Å². The summed E-state index contributed by atoms with van der Waals surface area (Å²) in [6.07, 6.45) is 0.610. The molecular formula is C7H15NO2. The molecule has 0 aromatic carbocycles. The molecule has 1 heterocycles. The number of ether oxygens (including phenoxy) is 1. The van der Waals surface area contributed by atoms with Crippen LogP contribution in [0.15, 0.2) is 0 Å². The zero-order valence-corrected chi connectivity index (χ0v) is 6.58. The van der Waals surface area contributed by atoms with Crippen LogP contribution in [0.2, 0.25) is 0 Å². The third kappa shape index (κ3) is 1.94. The van der Waals surface area contributed by atoms with Gasteiger partial charge in [-0.1, -0.05) is 6.92 Å². The number of nitrogens with zero attached hydrogens (tertiary/aromatic N) is 1. The summed E-state index contributed by atoms with van der Waals surface area (Å²) in [6, 6.07) is 0. The van der Waals surface area contributed by atoms with E-state index in [4.69, 9.17) is 9.84 Å². The van der Waals surface area contributed by atoms with Crippen LogP contribution in [0.3, 0.4) is 0 Å². The number of β-amino-alcohol motifs (C(OH)–C–C–N with tert-alkyl or cyclic N) is 1. The van der Waals surface area contributed by atoms with Crippen LogP contribution in [0.1, 0.15) is 13.3 Å². The topological polar surface area (TPSA) is 32.7 Å².